The summed E-state index contributed by atoms with van der Waals surface area (Å²) in [6.07, 6.45) is 1.79. The van der Waals surface area contributed by atoms with Crippen molar-refractivity contribution in [1.29, 1.82) is 0 Å². The molecule has 0 saturated heterocycles. The molecule has 0 aliphatic carbocycles. The second-order valence-electron chi connectivity index (χ2n) is 2.52. The van der Waals surface area contributed by atoms with Crippen LogP contribution in [0.15, 0.2) is 11.2 Å². The molecule has 1 aromatic rings. The predicted molar refractivity (Wildman–Crippen MR) is 51.3 cm³/mol. The third-order valence-electron chi connectivity index (χ3n) is 1.54. The molecule has 4 heteroatoms. The van der Waals surface area contributed by atoms with E-state index in [4.69, 9.17) is 5.73 Å². The van der Waals surface area contributed by atoms with Crippen molar-refractivity contribution in [1.82, 2.24) is 9.97 Å². The molecule has 0 amide bonds. The Hall–Kier alpha value is -0.610. The van der Waals surface area contributed by atoms with Gasteiger partial charge in [-0.2, -0.15) is 0 Å². The Balaban J connectivity index is 2.69. The average Bonchev–Trinajstić information content (AvgIpc) is 2.07. The zero-order chi connectivity index (χ0) is 8.97. The highest BCUT2D eigenvalue weighted by molar-refractivity contribution is 7.99. The number of nitrogens with zero attached hydrogens (tertiary/aromatic N) is 2. The summed E-state index contributed by atoms with van der Waals surface area (Å²) in [6.45, 7) is 4.60. The maximum atomic E-state index is 5.38. The van der Waals surface area contributed by atoms with E-state index in [9.17, 15) is 0 Å². The predicted octanol–water partition coefficient (Wildman–Crippen LogP) is 1.14. The first-order chi connectivity index (χ1) is 5.74. The van der Waals surface area contributed by atoms with Crippen molar-refractivity contribution in [2.45, 2.75) is 18.9 Å². The molecule has 0 spiro atoms. The SMILES string of the molecule is Cc1ncc(SCCN)nc1C. The van der Waals surface area contributed by atoms with E-state index < -0.39 is 0 Å². The number of thioether (sulfide) groups is 1. The van der Waals surface area contributed by atoms with Crippen LogP contribution < -0.4 is 5.73 Å². The Morgan fingerprint density at radius 3 is 2.75 bits per heavy atom. The lowest BCUT2D eigenvalue weighted by Crippen LogP contribution is -2.02. The maximum absolute atomic E-state index is 5.38. The van der Waals surface area contributed by atoms with Gasteiger partial charge in [0.05, 0.1) is 17.6 Å². The molecule has 1 rings (SSSR count). The van der Waals surface area contributed by atoms with Crippen molar-refractivity contribution < 1.29 is 0 Å². The Morgan fingerprint density at radius 1 is 1.42 bits per heavy atom. The number of nitrogens with two attached hydrogens (primary N) is 1. The molecule has 1 heterocycles. The lowest BCUT2D eigenvalue weighted by molar-refractivity contribution is 0.955. The fourth-order valence-corrected chi connectivity index (χ4v) is 1.41. The summed E-state index contributed by atoms with van der Waals surface area (Å²) in [4.78, 5) is 8.56. The van der Waals surface area contributed by atoms with Gasteiger partial charge >= 0.3 is 0 Å². The Kier molecular flexibility index (Phi) is 3.49. The van der Waals surface area contributed by atoms with Crippen molar-refractivity contribution in [2.75, 3.05) is 12.3 Å². The first-order valence-corrected chi connectivity index (χ1v) is 4.85. The lowest BCUT2D eigenvalue weighted by Gasteiger charge is -2.01. The summed E-state index contributed by atoms with van der Waals surface area (Å²) in [6, 6.07) is 0. The molecule has 1 aromatic heterocycles. The van der Waals surface area contributed by atoms with E-state index in [-0.39, 0.29) is 0 Å². The molecule has 0 bridgehead atoms. The highest BCUT2D eigenvalue weighted by Crippen LogP contribution is 2.14. The van der Waals surface area contributed by atoms with Crippen LogP contribution in [0.4, 0.5) is 0 Å². The third kappa shape index (κ3) is 2.46. The van der Waals surface area contributed by atoms with Gasteiger partial charge < -0.3 is 5.73 Å². The van der Waals surface area contributed by atoms with Gasteiger partial charge in [-0.15, -0.1) is 11.8 Å². The zero-order valence-electron chi connectivity index (χ0n) is 7.37. The number of aryl methyl sites for hydroxylation is 2. The van der Waals surface area contributed by atoms with Gasteiger partial charge in [-0.05, 0) is 13.8 Å². The fourth-order valence-electron chi connectivity index (χ4n) is 0.754. The minimum absolute atomic E-state index is 0.680. The van der Waals surface area contributed by atoms with Gasteiger partial charge in [-0.3, -0.25) is 4.98 Å². The normalized spacial score (nSPS) is 10.2. The van der Waals surface area contributed by atoms with Crippen molar-refractivity contribution in [3.05, 3.63) is 17.6 Å². The minimum Gasteiger partial charge on any atom is -0.330 e. The first-order valence-electron chi connectivity index (χ1n) is 3.87. The molecule has 0 aromatic carbocycles. The number of aromatic nitrogens is 2. The van der Waals surface area contributed by atoms with Crippen LogP contribution in [0.25, 0.3) is 0 Å². The van der Waals surface area contributed by atoms with E-state index in [0.717, 1.165) is 22.2 Å². The maximum Gasteiger partial charge on any atom is 0.115 e. The Labute approximate surface area is 76.8 Å². The molecule has 0 saturated carbocycles. The largest absolute Gasteiger partial charge is 0.330 e. The van der Waals surface area contributed by atoms with Crippen molar-refractivity contribution in [3.63, 3.8) is 0 Å². The van der Waals surface area contributed by atoms with Crippen molar-refractivity contribution in [3.8, 4) is 0 Å². The number of hydrogen-bond donors (Lipinski definition) is 1. The number of hydrogen-bond acceptors (Lipinski definition) is 4. The molecule has 0 atom stereocenters. The second kappa shape index (κ2) is 4.42. The van der Waals surface area contributed by atoms with Crippen LogP contribution in [0.2, 0.25) is 0 Å². The molecule has 3 nitrogen and oxygen atoms in total. The van der Waals surface area contributed by atoms with Crippen molar-refractivity contribution >= 4 is 11.8 Å². The molecular weight excluding hydrogens is 170 g/mol. The quantitative estimate of drug-likeness (QED) is 0.714. The van der Waals surface area contributed by atoms with E-state index in [1.165, 1.54) is 0 Å². The van der Waals surface area contributed by atoms with Gasteiger partial charge in [-0.1, -0.05) is 0 Å². The van der Waals surface area contributed by atoms with Crippen LogP contribution in [0.1, 0.15) is 11.4 Å². The van der Waals surface area contributed by atoms with Crippen LogP contribution in [0.3, 0.4) is 0 Å². The molecule has 0 fully saturated rings. The standard InChI is InChI=1S/C8H13N3S/c1-6-7(2)11-8(5-10-6)12-4-3-9/h5H,3-4,9H2,1-2H3. The summed E-state index contributed by atoms with van der Waals surface area (Å²) in [5, 5.41) is 0.962. The van der Waals surface area contributed by atoms with Crippen LogP contribution >= 0.6 is 11.8 Å². The van der Waals surface area contributed by atoms with Crippen LogP contribution in [0, 0.1) is 13.8 Å². The zero-order valence-corrected chi connectivity index (χ0v) is 8.19. The highest BCUT2D eigenvalue weighted by atomic mass is 32.2. The second-order valence-corrected chi connectivity index (χ2v) is 3.63. The van der Waals surface area contributed by atoms with Crippen LogP contribution in [-0.2, 0) is 0 Å². The van der Waals surface area contributed by atoms with Gasteiger partial charge in [-0.25, -0.2) is 4.98 Å². The van der Waals surface area contributed by atoms with Gasteiger partial charge in [0.15, 0.2) is 0 Å². The smallest absolute Gasteiger partial charge is 0.115 e. The minimum atomic E-state index is 0.680. The molecule has 12 heavy (non-hydrogen) atoms. The lowest BCUT2D eigenvalue weighted by atomic mass is 10.4. The molecule has 0 radical (unpaired) electrons. The van der Waals surface area contributed by atoms with E-state index in [1.54, 1.807) is 18.0 Å². The molecule has 0 aliphatic rings. The fraction of sp³-hybridized carbons (Fsp3) is 0.500. The highest BCUT2D eigenvalue weighted by Gasteiger charge is 1.98. The molecule has 0 unspecified atom stereocenters. The summed E-state index contributed by atoms with van der Waals surface area (Å²) < 4.78 is 0. The van der Waals surface area contributed by atoms with Crippen LogP contribution in [-0.4, -0.2) is 22.3 Å². The summed E-state index contributed by atoms with van der Waals surface area (Å²) >= 11 is 1.64. The average molecular weight is 183 g/mol. The number of rotatable bonds is 3. The van der Waals surface area contributed by atoms with Gasteiger partial charge in [0, 0.05) is 12.3 Å². The Morgan fingerprint density at radius 2 is 2.17 bits per heavy atom. The summed E-state index contributed by atoms with van der Waals surface area (Å²) in [5.41, 5.74) is 7.37. The molecule has 0 aliphatic heterocycles. The first kappa shape index (κ1) is 9.48. The van der Waals surface area contributed by atoms with E-state index in [1.807, 2.05) is 13.8 Å². The topological polar surface area (TPSA) is 51.8 Å². The van der Waals surface area contributed by atoms with E-state index >= 15 is 0 Å². The summed E-state index contributed by atoms with van der Waals surface area (Å²) in [7, 11) is 0. The van der Waals surface area contributed by atoms with E-state index in [0.29, 0.717) is 6.54 Å². The molecule has 2 N–H and O–H groups in total. The monoisotopic (exact) mass is 183 g/mol. The summed E-state index contributed by atoms with van der Waals surface area (Å²) in [5.74, 6) is 0.900. The van der Waals surface area contributed by atoms with Crippen LogP contribution in [0.5, 0.6) is 0 Å². The van der Waals surface area contributed by atoms with Gasteiger partial charge in [0.25, 0.3) is 0 Å². The molecule has 66 valence electrons. The van der Waals surface area contributed by atoms with E-state index in [2.05, 4.69) is 9.97 Å². The Bertz CT molecular complexity index is 262. The molecular formula is C8H13N3S. The van der Waals surface area contributed by atoms with Gasteiger partial charge in [0.1, 0.15) is 5.03 Å². The third-order valence-corrected chi connectivity index (χ3v) is 2.47. The van der Waals surface area contributed by atoms with Gasteiger partial charge in [0.2, 0.25) is 0 Å². The van der Waals surface area contributed by atoms with Crippen molar-refractivity contribution in [2.24, 2.45) is 5.73 Å².